The van der Waals surface area contributed by atoms with Crippen LogP contribution in [-0.2, 0) is 6.42 Å². The summed E-state index contributed by atoms with van der Waals surface area (Å²) < 4.78 is 2.93. The first-order valence-corrected chi connectivity index (χ1v) is 6.92. The highest BCUT2D eigenvalue weighted by atomic mass is 79.9. The molecule has 2 rings (SSSR count). The molecule has 0 saturated carbocycles. The minimum absolute atomic E-state index is 0.608. The van der Waals surface area contributed by atoms with Gasteiger partial charge in [-0.1, -0.05) is 27.5 Å². The number of rotatable bonds is 3. The zero-order valence-corrected chi connectivity index (χ0v) is 12.7. The molecule has 3 nitrogen and oxygen atoms in total. The summed E-state index contributed by atoms with van der Waals surface area (Å²) in [7, 11) is 0. The van der Waals surface area contributed by atoms with E-state index in [9.17, 15) is 0 Å². The second-order valence-corrected chi connectivity index (χ2v) is 5.50. The zero-order valence-electron chi connectivity index (χ0n) is 10.4. The van der Waals surface area contributed by atoms with Gasteiger partial charge in [0.1, 0.15) is 0 Å². The van der Waals surface area contributed by atoms with Crippen molar-refractivity contribution in [1.82, 2.24) is 9.78 Å². The van der Waals surface area contributed by atoms with Crippen LogP contribution < -0.4 is 5.73 Å². The highest BCUT2D eigenvalue weighted by Crippen LogP contribution is 2.26. The van der Waals surface area contributed by atoms with Crippen molar-refractivity contribution >= 4 is 27.5 Å². The molecule has 2 aromatic rings. The third-order valence-corrected chi connectivity index (χ3v) is 3.93. The summed E-state index contributed by atoms with van der Waals surface area (Å²) in [5.41, 5.74) is 9.66. The highest BCUT2D eigenvalue weighted by molar-refractivity contribution is 9.10. The molecule has 1 heterocycles. The summed E-state index contributed by atoms with van der Waals surface area (Å²) in [6.07, 6.45) is 0.810. The van der Waals surface area contributed by atoms with Crippen LogP contribution >= 0.6 is 27.5 Å². The third-order valence-electron chi connectivity index (χ3n) is 2.89. The number of hydrogen-bond donors (Lipinski definition) is 1. The van der Waals surface area contributed by atoms with Gasteiger partial charge in [0.05, 0.1) is 22.1 Å². The van der Waals surface area contributed by atoms with Crippen molar-refractivity contribution in [2.24, 2.45) is 5.73 Å². The van der Waals surface area contributed by atoms with Gasteiger partial charge in [0.2, 0.25) is 0 Å². The number of aromatic nitrogens is 2. The molecule has 96 valence electrons. The van der Waals surface area contributed by atoms with Crippen LogP contribution in [0.15, 0.2) is 22.7 Å². The van der Waals surface area contributed by atoms with E-state index in [2.05, 4.69) is 27.1 Å². The van der Waals surface area contributed by atoms with Gasteiger partial charge in [-0.3, -0.25) is 0 Å². The van der Waals surface area contributed by atoms with Crippen molar-refractivity contribution in [3.8, 4) is 5.69 Å². The second kappa shape index (κ2) is 5.43. The Morgan fingerprint density at radius 3 is 2.67 bits per heavy atom. The van der Waals surface area contributed by atoms with Gasteiger partial charge in [0, 0.05) is 4.47 Å². The van der Waals surface area contributed by atoms with Crippen molar-refractivity contribution in [1.29, 1.82) is 0 Å². The number of benzene rings is 1. The van der Waals surface area contributed by atoms with Crippen LogP contribution in [-0.4, -0.2) is 16.3 Å². The molecule has 0 spiro atoms. The highest BCUT2D eigenvalue weighted by Gasteiger charge is 2.13. The third kappa shape index (κ3) is 2.46. The average Bonchev–Trinajstić information content (AvgIpc) is 2.58. The number of nitrogens with two attached hydrogens (primary N) is 1. The zero-order chi connectivity index (χ0) is 13.3. The molecule has 0 aliphatic heterocycles. The molecule has 0 aliphatic rings. The monoisotopic (exact) mass is 327 g/mol. The second-order valence-electron chi connectivity index (χ2n) is 4.21. The topological polar surface area (TPSA) is 43.8 Å². The average molecular weight is 329 g/mol. The van der Waals surface area contributed by atoms with Crippen molar-refractivity contribution in [3.63, 3.8) is 0 Å². The first-order valence-electron chi connectivity index (χ1n) is 5.75. The summed E-state index contributed by atoms with van der Waals surface area (Å²) in [4.78, 5) is 0. The SMILES string of the molecule is Cc1nn(-c2ccc(Br)cc2CCN)c(C)c1Cl. The molecular formula is C13H15BrClN3. The molecule has 0 bridgehead atoms. The van der Waals surface area contributed by atoms with E-state index < -0.39 is 0 Å². The standard InChI is InChI=1S/C13H15BrClN3/c1-8-13(15)9(2)18(17-8)12-4-3-11(14)7-10(12)5-6-16/h3-4,7H,5-6,16H2,1-2H3. The van der Waals surface area contributed by atoms with Gasteiger partial charge in [-0.15, -0.1) is 0 Å². The molecule has 1 aromatic heterocycles. The van der Waals surface area contributed by atoms with Crippen molar-refractivity contribution in [2.45, 2.75) is 20.3 Å². The van der Waals surface area contributed by atoms with Crippen molar-refractivity contribution in [3.05, 3.63) is 44.6 Å². The Hall–Kier alpha value is -0.840. The maximum absolute atomic E-state index is 6.19. The first-order chi connectivity index (χ1) is 8.54. The molecule has 18 heavy (non-hydrogen) atoms. The molecular weight excluding hydrogens is 314 g/mol. The van der Waals surface area contributed by atoms with E-state index in [0.717, 1.165) is 38.6 Å². The van der Waals surface area contributed by atoms with Gasteiger partial charge in [-0.25, -0.2) is 4.68 Å². The predicted molar refractivity (Wildman–Crippen MR) is 78.5 cm³/mol. The van der Waals surface area contributed by atoms with Crippen molar-refractivity contribution in [2.75, 3.05) is 6.54 Å². The number of hydrogen-bond acceptors (Lipinski definition) is 2. The summed E-state index contributed by atoms with van der Waals surface area (Å²) >= 11 is 9.67. The van der Waals surface area contributed by atoms with E-state index in [4.69, 9.17) is 17.3 Å². The van der Waals surface area contributed by atoms with Crippen LogP contribution in [0.2, 0.25) is 5.02 Å². The summed E-state index contributed by atoms with van der Waals surface area (Å²) in [5.74, 6) is 0. The normalized spacial score (nSPS) is 10.9. The lowest BCUT2D eigenvalue weighted by molar-refractivity contribution is 0.813. The number of halogens is 2. The minimum Gasteiger partial charge on any atom is -0.330 e. The van der Waals surface area contributed by atoms with E-state index in [1.165, 1.54) is 0 Å². The minimum atomic E-state index is 0.608. The molecule has 0 saturated heterocycles. The number of aryl methyl sites for hydroxylation is 1. The molecule has 0 unspecified atom stereocenters. The Balaban J connectivity index is 2.59. The Bertz CT molecular complexity index is 578. The Labute approximate surface area is 120 Å². The summed E-state index contributed by atoms with van der Waals surface area (Å²) in [5, 5.41) is 5.20. The lowest BCUT2D eigenvalue weighted by Gasteiger charge is -2.11. The van der Waals surface area contributed by atoms with Gasteiger partial charge >= 0.3 is 0 Å². The molecule has 5 heteroatoms. The summed E-state index contributed by atoms with van der Waals surface area (Å²) in [6, 6.07) is 6.11. The Morgan fingerprint density at radius 1 is 1.39 bits per heavy atom. The molecule has 0 aliphatic carbocycles. The van der Waals surface area contributed by atoms with Crippen LogP contribution in [0.3, 0.4) is 0 Å². The lowest BCUT2D eigenvalue weighted by Crippen LogP contribution is -2.08. The van der Waals surface area contributed by atoms with Crippen LogP contribution in [0.25, 0.3) is 5.69 Å². The molecule has 2 N–H and O–H groups in total. The van der Waals surface area contributed by atoms with Crippen LogP contribution in [0.5, 0.6) is 0 Å². The van der Waals surface area contributed by atoms with Crippen molar-refractivity contribution < 1.29 is 0 Å². The molecule has 0 atom stereocenters. The van der Waals surface area contributed by atoms with Gasteiger partial charge in [0.15, 0.2) is 0 Å². The smallest absolute Gasteiger partial charge is 0.0848 e. The Kier molecular flexibility index (Phi) is 4.10. The fourth-order valence-corrected chi connectivity index (χ4v) is 2.50. The van der Waals surface area contributed by atoms with Gasteiger partial charge in [-0.2, -0.15) is 5.10 Å². The molecule has 1 aromatic carbocycles. The fraction of sp³-hybridized carbons (Fsp3) is 0.308. The summed E-state index contributed by atoms with van der Waals surface area (Å²) in [6.45, 7) is 4.49. The van der Waals surface area contributed by atoms with Crippen LogP contribution in [0, 0.1) is 13.8 Å². The molecule has 0 fully saturated rings. The maximum Gasteiger partial charge on any atom is 0.0848 e. The fourth-order valence-electron chi connectivity index (χ4n) is 1.97. The van der Waals surface area contributed by atoms with Crippen LogP contribution in [0.1, 0.15) is 17.0 Å². The van der Waals surface area contributed by atoms with E-state index in [1.54, 1.807) is 0 Å². The van der Waals surface area contributed by atoms with E-state index in [-0.39, 0.29) is 0 Å². The van der Waals surface area contributed by atoms with E-state index in [0.29, 0.717) is 6.54 Å². The largest absolute Gasteiger partial charge is 0.330 e. The number of nitrogens with zero attached hydrogens (tertiary/aromatic N) is 2. The quantitative estimate of drug-likeness (QED) is 0.938. The predicted octanol–water partition coefficient (Wildman–Crippen LogP) is 3.41. The van der Waals surface area contributed by atoms with Gasteiger partial charge in [-0.05, 0) is 50.6 Å². The lowest BCUT2D eigenvalue weighted by atomic mass is 10.1. The van der Waals surface area contributed by atoms with Gasteiger partial charge in [0.25, 0.3) is 0 Å². The maximum atomic E-state index is 6.19. The first kappa shape index (κ1) is 13.6. The van der Waals surface area contributed by atoms with Crippen LogP contribution in [0.4, 0.5) is 0 Å². The van der Waals surface area contributed by atoms with Gasteiger partial charge < -0.3 is 5.73 Å². The van der Waals surface area contributed by atoms with E-state index >= 15 is 0 Å². The molecule has 0 radical (unpaired) electrons. The molecule has 0 amide bonds. The Morgan fingerprint density at radius 2 is 2.11 bits per heavy atom. The van der Waals surface area contributed by atoms with E-state index in [1.807, 2.05) is 30.7 Å².